The van der Waals surface area contributed by atoms with Crippen molar-refractivity contribution in [3.8, 4) is 5.75 Å². The Labute approximate surface area is 120 Å². The number of nitrogens with zero attached hydrogens (tertiary/aromatic N) is 3. The van der Waals surface area contributed by atoms with E-state index in [1.165, 1.54) is 18.5 Å². The monoisotopic (exact) mass is 293 g/mol. The molecule has 0 saturated heterocycles. The zero-order valence-corrected chi connectivity index (χ0v) is 11.7. The second-order valence-electron chi connectivity index (χ2n) is 4.31. The summed E-state index contributed by atoms with van der Waals surface area (Å²) in [4.78, 5) is 18.5. The molecule has 0 bridgehead atoms. The van der Waals surface area contributed by atoms with E-state index in [2.05, 4.69) is 9.97 Å². The van der Waals surface area contributed by atoms with Crippen LogP contribution in [0, 0.1) is 24.0 Å². The first-order valence-corrected chi connectivity index (χ1v) is 6.20. The van der Waals surface area contributed by atoms with Crippen LogP contribution in [0.2, 0.25) is 5.15 Å². The lowest BCUT2D eigenvalue weighted by Gasteiger charge is -2.10. The fourth-order valence-electron chi connectivity index (χ4n) is 1.81. The third kappa shape index (κ3) is 3.21. The van der Waals surface area contributed by atoms with Crippen LogP contribution in [0.4, 0.5) is 5.69 Å². The van der Waals surface area contributed by atoms with E-state index < -0.39 is 4.92 Å². The summed E-state index contributed by atoms with van der Waals surface area (Å²) in [5.74, 6) is 0.248. The minimum atomic E-state index is -0.455. The van der Waals surface area contributed by atoms with Gasteiger partial charge in [-0.3, -0.25) is 15.1 Å². The van der Waals surface area contributed by atoms with Crippen molar-refractivity contribution in [1.29, 1.82) is 0 Å². The number of aryl methyl sites for hydroxylation is 2. The lowest BCUT2D eigenvalue weighted by Crippen LogP contribution is -2.03. The summed E-state index contributed by atoms with van der Waals surface area (Å²) in [5.41, 5.74) is 2.01. The molecule has 0 radical (unpaired) electrons. The molecule has 1 aromatic heterocycles. The van der Waals surface area contributed by atoms with Crippen molar-refractivity contribution < 1.29 is 9.66 Å². The van der Waals surface area contributed by atoms with E-state index in [1.54, 1.807) is 13.8 Å². The van der Waals surface area contributed by atoms with Gasteiger partial charge in [0.2, 0.25) is 0 Å². The average molecular weight is 294 g/mol. The van der Waals surface area contributed by atoms with E-state index in [4.69, 9.17) is 16.3 Å². The lowest BCUT2D eigenvalue weighted by atomic mass is 10.1. The minimum Gasteiger partial charge on any atom is -0.480 e. The highest BCUT2D eigenvalue weighted by atomic mass is 35.5. The number of aromatic nitrogens is 2. The van der Waals surface area contributed by atoms with Gasteiger partial charge in [0.1, 0.15) is 11.8 Å². The molecule has 1 heterocycles. The quantitative estimate of drug-likeness (QED) is 0.639. The van der Waals surface area contributed by atoms with E-state index >= 15 is 0 Å². The first kappa shape index (κ1) is 14.2. The summed E-state index contributed by atoms with van der Waals surface area (Å²) in [6, 6.07) is 3.31. The summed E-state index contributed by atoms with van der Waals surface area (Å²) in [6.07, 6.45) is 2.87. The van der Waals surface area contributed by atoms with E-state index in [0.717, 1.165) is 5.56 Å². The van der Waals surface area contributed by atoms with Gasteiger partial charge in [0, 0.05) is 6.07 Å². The van der Waals surface area contributed by atoms with Crippen LogP contribution in [0.5, 0.6) is 5.75 Å². The van der Waals surface area contributed by atoms with Crippen LogP contribution in [0.1, 0.15) is 16.8 Å². The number of hydrogen-bond donors (Lipinski definition) is 0. The molecule has 2 aromatic rings. The molecule has 6 nitrogen and oxygen atoms in total. The molecule has 0 atom stereocenters. The van der Waals surface area contributed by atoms with Gasteiger partial charge in [0.05, 0.1) is 23.0 Å². The Morgan fingerprint density at radius 1 is 1.30 bits per heavy atom. The van der Waals surface area contributed by atoms with Crippen LogP contribution in [0.15, 0.2) is 24.5 Å². The van der Waals surface area contributed by atoms with Gasteiger partial charge < -0.3 is 4.74 Å². The Bertz CT molecular complexity index is 644. The summed E-state index contributed by atoms with van der Waals surface area (Å²) in [5, 5.41) is 11.3. The number of ether oxygens (including phenoxy) is 1. The smallest absolute Gasteiger partial charge is 0.311 e. The third-order valence-electron chi connectivity index (χ3n) is 2.63. The molecule has 0 saturated carbocycles. The van der Waals surface area contributed by atoms with Crippen molar-refractivity contribution in [1.82, 2.24) is 9.97 Å². The second kappa shape index (κ2) is 5.83. The van der Waals surface area contributed by atoms with Crippen LogP contribution in [-0.2, 0) is 6.61 Å². The predicted molar refractivity (Wildman–Crippen MR) is 73.9 cm³/mol. The normalized spacial score (nSPS) is 10.3. The van der Waals surface area contributed by atoms with Gasteiger partial charge in [-0.2, -0.15) is 0 Å². The molecule has 2 rings (SSSR count). The number of benzene rings is 1. The van der Waals surface area contributed by atoms with Crippen LogP contribution in [0.25, 0.3) is 0 Å². The van der Waals surface area contributed by atoms with E-state index in [1.807, 2.05) is 6.07 Å². The summed E-state index contributed by atoms with van der Waals surface area (Å²) in [6.45, 7) is 3.66. The molecule has 1 aromatic carbocycles. The molecule has 0 unspecified atom stereocenters. The van der Waals surface area contributed by atoms with Crippen LogP contribution >= 0.6 is 11.6 Å². The maximum Gasteiger partial charge on any atom is 0.311 e. The topological polar surface area (TPSA) is 78.2 Å². The average Bonchev–Trinajstić information content (AvgIpc) is 2.38. The SMILES string of the molecule is Cc1cc(C)c(OCc2cnc(Cl)cn2)c([N+](=O)[O-])c1. The van der Waals surface area contributed by atoms with Crippen molar-refractivity contribution >= 4 is 17.3 Å². The fourth-order valence-corrected chi connectivity index (χ4v) is 1.91. The van der Waals surface area contributed by atoms with Crippen LogP contribution in [-0.4, -0.2) is 14.9 Å². The van der Waals surface area contributed by atoms with E-state index in [9.17, 15) is 10.1 Å². The molecule has 0 amide bonds. The van der Waals surface area contributed by atoms with Gasteiger partial charge in [0.25, 0.3) is 0 Å². The standard InChI is InChI=1S/C13H12ClN3O3/c1-8-3-9(2)13(11(4-8)17(18)19)20-7-10-5-16-12(14)6-15-10/h3-6H,7H2,1-2H3. The van der Waals surface area contributed by atoms with Crippen molar-refractivity contribution in [3.63, 3.8) is 0 Å². The molecule has 0 N–H and O–H groups in total. The summed E-state index contributed by atoms with van der Waals surface area (Å²) in [7, 11) is 0. The van der Waals surface area contributed by atoms with E-state index in [-0.39, 0.29) is 23.2 Å². The van der Waals surface area contributed by atoms with Gasteiger partial charge in [-0.05, 0) is 25.0 Å². The van der Waals surface area contributed by atoms with Crippen LogP contribution < -0.4 is 4.74 Å². The number of halogens is 1. The van der Waals surface area contributed by atoms with Crippen molar-refractivity contribution in [2.45, 2.75) is 20.5 Å². The zero-order valence-electron chi connectivity index (χ0n) is 11.0. The Hall–Kier alpha value is -2.21. The van der Waals surface area contributed by atoms with Crippen molar-refractivity contribution in [2.75, 3.05) is 0 Å². The molecule has 20 heavy (non-hydrogen) atoms. The van der Waals surface area contributed by atoms with Gasteiger partial charge in [0.15, 0.2) is 5.75 Å². The molecule has 0 aliphatic carbocycles. The molecule has 0 aliphatic rings. The maximum absolute atomic E-state index is 11.1. The Balaban J connectivity index is 2.24. The number of nitro benzene ring substituents is 1. The van der Waals surface area contributed by atoms with Crippen LogP contribution in [0.3, 0.4) is 0 Å². The first-order valence-electron chi connectivity index (χ1n) is 5.82. The first-order chi connectivity index (χ1) is 9.47. The maximum atomic E-state index is 11.1. The number of rotatable bonds is 4. The summed E-state index contributed by atoms with van der Waals surface area (Å²) >= 11 is 5.63. The van der Waals surface area contributed by atoms with Gasteiger partial charge in [-0.15, -0.1) is 0 Å². The van der Waals surface area contributed by atoms with Gasteiger partial charge in [-0.25, -0.2) is 4.98 Å². The van der Waals surface area contributed by atoms with Gasteiger partial charge >= 0.3 is 5.69 Å². The predicted octanol–water partition coefficient (Wildman–Crippen LogP) is 3.23. The Morgan fingerprint density at radius 3 is 2.65 bits per heavy atom. The molecule has 0 spiro atoms. The molecule has 7 heteroatoms. The number of nitro groups is 1. The highest BCUT2D eigenvalue weighted by Gasteiger charge is 2.18. The third-order valence-corrected chi connectivity index (χ3v) is 2.83. The largest absolute Gasteiger partial charge is 0.480 e. The minimum absolute atomic E-state index is 0.0515. The molecular weight excluding hydrogens is 282 g/mol. The Morgan fingerprint density at radius 2 is 2.05 bits per heavy atom. The van der Waals surface area contributed by atoms with Gasteiger partial charge in [-0.1, -0.05) is 17.7 Å². The molecule has 0 aliphatic heterocycles. The van der Waals surface area contributed by atoms with Crippen molar-refractivity contribution in [2.24, 2.45) is 0 Å². The van der Waals surface area contributed by atoms with Crippen molar-refractivity contribution in [3.05, 3.63) is 56.6 Å². The number of hydrogen-bond acceptors (Lipinski definition) is 5. The fraction of sp³-hybridized carbons (Fsp3) is 0.231. The highest BCUT2D eigenvalue weighted by Crippen LogP contribution is 2.32. The molecular formula is C13H12ClN3O3. The molecule has 0 fully saturated rings. The second-order valence-corrected chi connectivity index (χ2v) is 4.69. The summed E-state index contributed by atoms with van der Waals surface area (Å²) < 4.78 is 5.52. The molecule has 104 valence electrons. The zero-order chi connectivity index (χ0) is 14.7. The van der Waals surface area contributed by atoms with E-state index in [0.29, 0.717) is 11.3 Å². The Kier molecular flexibility index (Phi) is 4.14. The highest BCUT2D eigenvalue weighted by molar-refractivity contribution is 6.29. The lowest BCUT2D eigenvalue weighted by molar-refractivity contribution is -0.386.